The van der Waals surface area contributed by atoms with E-state index >= 15 is 0 Å². The Hall–Kier alpha value is -2.49. The van der Waals surface area contributed by atoms with Gasteiger partial charge in [-0.3, -0.25) is 4.90 Å². The van der Waals surface area contributed by atoms with Crippen LogP contribution in [0.2, 0.25) is 0 Å². The molecule has 0 amide bonds. The lowest BCUT2D eigenvalue weighted by Crippen LogP contribution is -2.40. The maximum atomic E-state index is 14.3. The molecule has 0 radical (unpaired) electrons. The van der Waals surface area contributed by atoms with E-state index in [2.05, 4.69) is 20.3 Å². The van der Waals surface area contributed by atoms with Gasteiger partial charge in [0.05, 0.1) is 16.8 Å². The molecule has 3 aromatic rings. The molecule has 0 spiro atoms. The lowest BCUT2D eigenvalue weighted by atomic mass is 9.92. The van der Waals surface area contributed by atoms with Crippen LogP contribution in [0, 0.1) is 17.6 Å². The molecule has 1 aliphatic heterocycles. The summed E-state index contributed by atoms with van der Waals surface area (Å²) in [6.45, 7) is 3.36. The molecule has 2 aromatic heterocycles. The van der Waals surface area contributed by atoms with Gasteiger partial charge in [-0.25, -0.2) is 23.7 Å². The number of halogens is 2. The molecule has 1 fully saturated rings. The van der Waals surface area contributed by atoms with Crippen LogP contribution in [-0.2, 0) is 6.42 Å². The molecule has 1 unspecified atom stereocenters. The zero-order valence-electron chi connectivity index (χ0n) is 16.6. The van der Waals surface area contributed by atoms with Gasteiger partial charge in [-0.1, -0.05) is 23.5 Å². The Kier molecular flexibility index (Phi) is 6.31. The molecule has 2 N–H and O–H groups in total. The van der Waals surface area contributed by atoms with Gasteiger partial charge in [0.25, 0.3) is 0 Å². The molecule has 0 aliphatic carbocycles. The number of hydrogen-bond donors (Lipinski definition) is 2. The van der Waals surface area contributed by atoms with Crippen molar-refractivity contribution in [3.8, 4) is 10.4 Å². The molecular formula is C21H23F2N5OS. The highest BCUT2D eigenvalue weighted by Gasteiger charge is 2.23. The topological polar surface area (TPSA) is 74.2 Å². The number of aliphatic hydroxyl groups excluding tert-OH is 1. The van der Waals surface area contributed by atoms with Crippen molar-refractivity contribution in [1.82, 2.24) is 19.9 Å². The molecule has 4 rings (SSSR count). The van der Waals surface area contributed by atoms with Gasteiger partial charge in [-0.2, -0.15) is 0 Å². The fraction of sp³-hybridized carbons (Fsp3) is 0.381. The first-order valence-electron chi connectivity index (χ1n) is 9.90. The summed E-state index contributed by atoms with van der Waals surface area (Å²) in [6, 6.07) is 6.20. The number of anilines is 2. The van der Waals surface area contributed by atoms with E-state index in [0.717, 1.165) is 36.4 Å². The third kappa shape index (κ3) is 4.97. The van der Waals surface area contributed by atoms with Crippen molar-refractivity contribution in [3.63, 3.8) is 0 Å². The summed E-state index contributed by atoms with van der Waals surface area (Å²) < 4.78 is 27.4. The number of rotatable bonds is 6. The van der Waals surface area contributed by atoms with Crippen molar-refractivity contribution >= 4 is 22.4 Å². The highest BCUT2D eigenvalue weighted by atomic mass is 32.1. The average Bonchev–Trinajstić information content (AvgIpc) is 3.20. The van der Waals surface area contributed by atoms with E-state index in [4.69, 9.17) is 0 Å². The van der Waals surface area contributed by atoms with Crippen LogP contribution in [-0.4, -0.2) is 44.3 Å². The fourth-order valence-corrected chi connectivity index (χ4v) is 4.40. The van der Waals surface area contributed by atoms with Gasteiger partial charge in [0.15, 0.2) is 10.9 Å². The van der Waals surface area contributed by atoms with Gasteiger partial charge in [0.1, 0.15) is 12.0 Å². The number of nitrogens with one attached hydrogen (secondary N) is 1. The molecule has 158 valence electrons. The predicted molar refractivity (Wildman–Crippen MR) is 112 cm³/mol. The summed E-state index contributed by atoms with van der Waals surface area (Å²) in [5.41, 5.74) is 1.25. The van der Waals surface area contributed by atoms with Crippen molar-refractivity contribution in [2.45, 2.75) is 32.4 Å². The Morgan fingerprint density at radius 1 is 1.17 bits per heavy atom. The summed E-state index contributed by atoms with van der Waals surface area (Å²) in [6.07, 6.45) is 4.76. The van der Waals surface area contributed by atoms with Crippen LogP contribution in [0.1, 0.15) is 25.5 Å². The molecule has 6 nitrogen and oxygen atoms in total. The molecule has 9 heteroatoms. The molecule has 3 heterocycles. The second-order valence-corrected chi connectivity index (χ2v) is 8.50. The maximum absolute atomic E-state index is 14.3. The average molecular weight is 432 g/mol. The van der Waals surface area contributed by atoms with E-state index < -0.39 is 12.0 Å². The maximum Gasteiger partial charge on any atom is 0.229 e. The van der Waals surface area contributed by atoms with Gasteiger partial charge < -0.3 is 10.4 Å². The van der Waals surface area contributed by atoms with Gasteiger partial charge in [-0.05, 0) is 49.8 Å². The van der Waals surface area contributed by atoms with Crippen LogP contribution >= 0.6 is 11.3 Å². The van der Waals surface area contributed by atoms with Crippen molar-refractivity contribution in [2.75, 3.05) is 18.4 Å². The zero-order chi connectivity index (χ0) is 21.1. The van der Waals surface area contributed by atoms with Gasteiger partial charge in [0, 0.05) is 19.3 Å². The fourth-order valence-electron chi connectivity index (χ4n) is 3.59. The number of aliphatic hydroxyl groups is 1. The van der Waals surface area contributed by atoms with Crippen LogP contribution in [0.5, 0.6) is 0 Å². The Bertz CT molecular complexity index is 987. The van der Waals surface area contributed by atoms with Gasteiger partial charge >= 0.3 is 0 Å². The number of thiazole rings is 1. The smallest absolute Gasteiger partial charge is 0.229 e. The van der Waals surface area contributed by atoms with Crippen molar-refractivity contribution in [2.24, 2.45) is 5.92 Å². The van der Waals surface area contributed by atoms with Crippen LogP contribution in [0.3, 0.4) is 0 Å². The molecule has 1 saturated heterocycles. The summed E-state index contributed by atoms with van der Waals surface area (Å²) >= 11 is 1.39. The second kappa shape index (κ2) is 9.11. The minimum absolute atomic E-state index is 0.287. The van der Waals surface area contributed by atoms with Crippen LogP contribution in [0.25, 0.3) is 10.4 Å². The highest BCUT2D eigenvalue weighted by molar-refractivity contribution is 7.18. The third-order valence-corrected chi connectivity index (χ3v) is 6.29. The standard InChI is InChI=1S/C21H23F2N5OS/c1-13(29)28-8-6-14(7-9-28)10-18-17(23)11-24-20(26-18)27-21-25-12-19(30-21)15-2-4-16(22)5-3-15/h2-5,11-14,29H,6-10H2,1H3,(H,24,25,26,27). The molecule has 1 aliphatic rings. The third-order valence-electron chi connectivity index (χ3n) is 5.33. The Labute approximate surface area is 177 Å². The van der Waals surface area contributed by atoms with Crippen LogP contribution < -0.4 is 5.32 Å². The summed E-state index contributed by atoms with van der Waals surface area (Å²) in [5.74, 6) is -0.0786. The number of aromatic nitrogens is 3. The van der Waals surface area contributed by atoms with E-state index in [9.17, 15) is 13.9 Å². The summed E-state index contributed by atoms with van der Waals surface area (Å²) in [4.78, 5) is 15.6. The Balaban J connectivity index is 1.42. The molecule has 0 bridgehead atoms. The number of hydrogen-bond acceptors (Lipinski definition) is 7. The second-order valence-electron chi connectivity index (χ2n) is 7.47. The highest BCUT2D eigenvalue weighted by Crippen LogP contribution is 2.30. The van der Waals surface area contributed by atoms with E-state index in [1.165, 1.54) is 29.7 Å². The predicted octanol–water partition coefficient (Wildman–Crippen LogP) is 4.21. The minimum Gasteiger partial charge on any atom is -0.379 e. The quantitative estimate of drug-likeness (QED) is 0.609. The van der Waals surface area contributed by atoms with Gasteiger partial charge in [0.2, 0.25) is 5.95 Å². The van der Waals surface area contributed by atoms with E-state index in [1.807, 2.05) is 4.90 Å². The number of nitrogens with zero attached hydrogens (tertiary/aromatic N) is 4. The summed E-state index contributed by atoms with van der Waals surface area (Å²) in [5, 5.41) is 13.3. The molecule has 1 atom stereocenters. The van der Waals surface area contributed by atoms with Crippen LogP contribution in [0.15, 0.2) is 36.7 Å². The SMILES string of the molecule is CC(O)N1CCC(Cc2nc(Nc3ncc(-c4ccc(F)cc4)s3)ncc2F)CC1. The van der Waals surface area contributed by atoms with Crippen LogP contribution in [0.4, 0.5) is 19.9 Å². The van der Waals surface area contributed by atoms with Crippen molar-refractivity contribution in [3.05, 3.63) is 54.0 Å². The van der Waals surface area contributed by atoms with Crippen molar-refractivity contribution in [1.29, 1.82) is 0 Å². The number of likely N-dealkylation sites (tertiary alicyclic amines) is 1. The van der Waals surface area contributed by atoms with Gasteiger partial charge in [-0.15, -0.1) is 0 Å². The molecule has 30 heavy (non-hydrogen) atoms. The largest absolute Gasteiger partial charge is 0.379 e. The molecule has 1 aromatic carbocycles. The monoisotopic (exact) mass is 431 g/mol. The first-order chi connectivity index (χ1) is 14.5. The van der Waals surface area contributed by atoms with E-state index in [-0.39, 0.29) is 5.82 Å². The zero-order valence-corrected chi connectivity index (χ0v) is 17.4. The Morgan fingerprint density at radius 2 is 1.90 bits per heavy atom. The van der Waals surface area contributed by atoms with Crippen molar-refractivity contribution < 1.29 is 13.9 Å². The summed E-state index contributed by atoms with van der Waals surface area (Å²) in [7, 11) is 0. The minimum atomic E-state index is -0.448. The first kappa shape index (κ1) is 20.8. The normalized spacial score (nSPS) is 16.5. The lowest BCUT2D eigenvalue weighted by molar-refractivity contribution is -0.00331. The number of piperidine rings is 1. The van der Waals surface area contributed by atoms with E-state index in [0.29, 0.717) is 29.1 Å². The number of benzene rings is 1. The first-order valence-corrected chi connectivity index (χ1v) is 10.7. The van der Waals surface area contributed by atoms with E-state index in [1.54, 1.807) is 25.3 Å². The molecular weight excluding hydrogens is 408 g/mol. The Morgan fingerprint density at radius 3 is 2.60 bits per heavy atom. The molecule has 0 saturated carbocycles. The lowest BCUT2D eigenvalue weighted by Gasteiger charge is -2.33.